The lowest BCUT2D eigenvalue weighted by atomic mass is 9.89. The van der Waals surface area contributed by atoms with E-state index in [0.29, 0.717) is 6.54 Å². The van der Waals surface area contributed by atoms with Crippen LogP contribution in [0.15, 0.2) is 15.7 Å². The minimum absolute atomic E-state index is 0.238. The zero-order chi connectivity index (χ0) is 13.8. The van der Waals surface area contributed by atoms with Gasteiger partial charge in [-0.1, -0.05) is 19.3 Å². The SMILES string of the molecule is Cn1c(CNCC2CCCCC2)cc(=O)n(C)c1=O. The molecule has 0 aliphatic heterocycles. The van der Waals surface area contributed by atoms with Gasteiger partial charge in [0.15, 0.2) is 0 Å². The molecule has 106 valence electrons. The van der Waals surface area contributed by atoms with Crippen molar-refractivity contribution in [3.63, 3.8) is 0 Å². The molecular formula is C14H23N3O2. The molecule has 1 saturated carbocycles. The van der Waals surface area contributed by atoms with Crippen molar-refractivity contribution in [1.82, 2.24) is 14.5 Å². The maximum Gasteiger partial charge on any atom is 0.330 e. The van der Waals surface area contributed by atoms with Crippen LogP contribution in [0.1, 0.15) is 37.8 Å². The topological polar surface area (TPSA) is 56.0 Å². The summed E-state index contributed by atoms with van der Waals surface area (Å²) in [5.41, 5.74) is 0.253. The Morgan fingerprint density at radius 1 is 1.16 bits per heavy atom. The monoisotopic (exact) mass is 265 g/mol. The molecule has 5 heteroatoms. The highest BCUT2D eigenvalue weighted by atomic mass is 16.2. The Labute approximate surface area is 113 Å². The highest BCUT2D eigenvalue weighted by Crippen LogP contribution is 2.22. The van der Waals surface area contributed by atoms with Crippen molar-refractivity contribution < 1.29 is 0 Å². The number of nitrogens with one attached hydrogen (secondary N) is 1. The summed E-state index contributed by atoms with van der Waals surface area (Å²) in [6.07, 6.45) is 6.61. The van der Waals surface area contributed by atoms with Crippen LogP contribution in [0.2, 0.25) is 0 Å². The van der Waals surface area contributed by atoms with Crippen molar-refractivity contribution in [1.29, 1.82) is 0 Å². The van der Waals surface area contributed by atoms with Crippen molar-refractivity contribution in [3.8, 4) is 0 Å². The third-order valence-electron chi connectivity index (χ3n) is 4.09. The Hall–Kier alpha value is -1.36. The number of rotatable bonds is 4. The molecule has 1 aliphatic carbocycles. The molecule has 1 fully saturated rings. The number of aromatic nitrogens is 2. The van der Waals surface area contributed by atoms with Crippen LogP contribution in [0.25, 0.3) is 0 Å². The van der Waals surface area contributed by atoms with E-state index >= 15 is 0 Å². The molecule has 1 heterocycles. The molecule has 1 aromatic rings. The molecule has 0 spiro atoms. The van der Waals surface area contributed by atoms with Gasteiger partial charge in [0.1, 0.15) is 0 Å². The van der Waals surface area contributed by atoms with Gasteiger partial charge in [-0.05, 0) is 25.3 Å². The van der Waals surface area contributed by atoms with Crippen LogP contribution in [-0.4, -0.2) is 15.7 Å². The van der Waals surface area contributed by atoms with E-state index in [9.17, 15) is 9.59 Å². The Morgan fingerprint density at radius 2 is 1.84 bits per heavy atom. The molecular weight excluding hydrogens is 242 g/mol. The summed E-state index contributed by atoms with van der Waals surface area (Å²) in [5, 5.41) is 3.38. The third kappa shape index (κ3) is 3.35. The van der Waals surface area contributed by atoms with E-state index in [0.717, 1.165) is 22.7 Å². The summed E-state index contributed by atoms with van der Waals surface area (Å²) in [6, 6.07) is 1.54. The standard InChI is InChI=1S/C14H23N3O2/c1-16-12(8-13(18)17(2)14(16)19)10-15-9-11-6-4-3-5-7-11/h8,11,15H,3-7,9-10H2,1-2H3. The van der Waals surface area contributed by atoms with E-state index in [-0.39, 0.29) is 11.2 Å². The number of nitrogens with zero attached hydrogens (tertiary/aromatic N) is 2. The molecule has 0 aromatic carbocycles. The van der Waals surface area contributed by atoms with Crippen molar-refractivity contribution in [2.24, 2.45) is 20.0 Å². The molecule has 1 aliphatic rings. The average Bonchev–Trinajstić information content (AvgIpc) is 2.43. The Balaban J connectivity index is 1.96. The van der Waals surface area contributed by atoms with Gasteiger partial charge in [0, 0.05) is 32.4 Å². The third-order valence-corrected chi connectivity index (χ3v) is 4.09. The molecule has 19 heavy (non-hydrogen) atoms. The first-order chi connectivity index (χ1) is 9.09. The zero-order valence-corrected chi connectivity index (χ0v) is 11.8. The molecule has 0 amide bonds. The van der Waals surface area contributed by atoms with Gasteiger partial charge in [0.2, 0.25) is 0 Å². The van der Waals surface area contributed by atoms with Crippen molar-refractivity contribution >= 4 is 0 Å². The van der Waals surface area contributed by atoms with Gasteiger partial charge in [-0.3, -0.25) is 13.9 Å². The van der Waals surface area contributed by atoms with Crippen LogP contribution in [-0.2, 0) is 20.6 Å². The minimum Gasteiger partial charge on any atom is -0.311 e. The van der Waals surface area contributed by atoms with E-state index in [1.807, 2.05) is 0 Å². The van der Waals surface area contributed by atoms with Gasteiger partial charge in [-0.25, -0.2) is 4.79 Å². The molecule has 5 nitrogen and oxygen atoms in total. The van der Waals surface area contributed by atoms with Gasteiger partial charge >= 0.3 is 5.69 Å². The normalized spacial score (nSPS) is 16.7. The fourth-order valence-corrected chi connectivity index (χ4v) is 2.74. The van der Waals surface area contributed by atoms with Crippen LogP contribution in [0, 0.1) is 5.92 Å². The molecule has 0 saturated heterocycles. The summed E-state index contributed by atoms with van der Waals surface area (Å²) in [4.78, 5) is 23.4. The van der Waals surface area contributed by atoms with Crippen LogP contribution >= 0.6 is 0 Å². The Bertz CT molecular complexity index is 539. The Morgan fingerprint density at radius 3 is 2.53 bits per heavy atom. The number of hydrogen-bond donors (Lipinski definition) is 1. The smallest absolute Gasteiger partial charge is 0.311 e. The molecule has 1 aromatic heterocycles. The molecule has 1 N–H and O–H groups in total. The van der Waals surface area contributed by atoms with E-state index in [4.69, 9.17) is 0 Å². The summed E-state index contributed by atoms with van der Waals surface area (Å²) in [6.45, 7) is 1.56. The summed E-state index contributed by atoms with van der Waals surface area (Å²) < 4.78 is 2.67. The van der Waals surface area contributed by atoms with Gasteiger partial charge in [0.05, 0.1) is 0 Å². The summed E-state index contributed by atoms with van der Waals surface area (Å²) >= 11 is 0. The molecule has 0 atom stereocenters. The maximum absolute atomic E-state index is 11.8. The van der Waals surface area contributed by atoms with E-state index in [1.165, 1.54) is 49.8 Å². The zero-order valence-electron chi connectivity index (χ0n) is 11.8. The van der Waals surface area contributed by atoms with Gasteiger partial charge in [0.25, 0.3) is 5.56 Å². The maximum atomic E-state index is 11.8. The molecule has 0 unspecified atom stereocenters. The second-order valence-electron chi connectivity index (χ2n) is 5.51. The van der Waals surface area contributed by atoms with Crippen LogP contribution < -0.4 is 16.6 Å². The van der Waals surface area contributed by atoms with Gasteiger partial charge in [-0.2, -0.15) is 0 Å². The summed E-state index contributed by atoms with van der Waals surface area (Å²) in [5.74, 6) is 0.748. The summed E-state index contributed by atoms with van der Waals surface area (Å²) in [7, 11) is 3.21. The average molecular weight is 265 g/mol. The molecule has 0 bridgehead atoms. The first-order valence-corrected chi connectivity index (χ1v) is 7.06. The fraction of sp³-hybridized carbons (Fsp3) is 0.714. The first kappa shape index (κ1) is 14.1. The Kier molecular flexibility index (Phi) is 4.58. The minimum atomic E-state index is -0.262. The van der Waals surface area contributed by atoms with Crippen molar-refractivity contribution in [3.05, 3.63) is 32.6 Å². The van der Waals surface area contributed by atoms with Crippen molar-refractivity contribution in [2.45, 2.75) is 38.6 Å². The lowest BCUT2D eigenvalue weighted by molar-refractivity contribution is 0.340. The second kappa shape index (κ2) is 6.19. The van der Waals surface area contributed by atoms with E-state index in [2.05, 4.69) is 5.32 Å². The largest absolute Gasteiger partial charge is 0.330 e. The predicted octanol–water partition coefficient (Wildman–Crippen LogP) is 0.754. The highest BCUT2D eigenvalue weighted by Gasteiger charge is 2.13. The van der Waals surface area contributed by atoms with Crippen molar-refractivity contribution in [2.75, 3.05) is 6.54 Å². The van der Waals surface area contributed by atoms with Crippen LogP contribution in [0.5, 0.6) is 0 Å². The lowest BCUT2D eigenvalue weighted by Crippen LogP contribution is -2.39. The molecule has 2 rings (SSSR count). The van der Waals surface area contributed by atoms with Gasteiger partial charge in [-0.15, -0.1) is 0 Å². The molecule has 0 radical (unpaired) electrons. The van der Waals surface area contributed by atoms with Crippen LogP contribution in [0.4, 0.5) is 0 Å². The van der Waals surface area contributed by atoms with Gasteiger partial charge < -0.3 is 5.32 Å². The van der Waals surface area contributed by atoms with E-state index in [1.54, 1.807) is 7.05 Å². The number of hydrogen-bond acceptors (Lipinski definition) is 3. The fourth-order valence-electron chi connectivity index (χ4n) is 2.74. The predicted molar refractivity (Wildman–Crippen MR) is 75.2 cm³/mol. The van der Waals surface area contributed by atoms with E-state index < -0.39 is 0 Å². The van der Waals surface area contributed by atoms with Crippen LogP contribution in [0.3, 0.4) is 0 Å². The highest BCUT2D eigenvalue weighted by molar-refractivity contribution is 5.01. The quantitative estimate of drug-likeness (QED) is 0.874. The lowest BCUT2D eigenvalue weighted by Gasteiger charge is -2.22. The first-order valence-electron chi connectivity index (χ1n) is 7.06. The second-order valence-corrected chi connectivity index (χ2v) is 5.51.